The molecule has 7 heteroatoms. The molecule has 1 N–H and O–H groups in total. The average molecular weight is 579 g/mol. The first-order valence-corrected chi connectivity index (χ1v) is 14.6. The first-order valence-electron chi connectivity index (χ1n) is 14.6. The summed E-state index contributed by atoms with van der Waals surface area (Å²) < 4.78 is 16.4. The molecule has 4 aromatic carbocycles. The van der Waals surface area contributed by atoms with Gasteiger partial charge in [0.2, 0.25) is 0 Å². The molecule has 0 bridgehead atoms. The number of hydrogen-bond acceptors (Lipinski definition) is 6. The molecule has 0 fully saturated rings. The van der Waals surface area contributed by atoms with E-state index in [2.05, 4.69) is 34.5 Å². The van der Waals surface area contributed by atoms with Crippen LogP contribution in [0.25, 0.3) is 0 Å². The van der Waals surface area contributed by atoms with Crippen LogP contribution in [0.2, 0.25) is 0 Å². The number of anilines is 1. The van der Waals surface area contributed by atoms with Gasteiger partial charge >= 0.3 is 0 Å². The third kappa shape index (κ3) is 7.24. The van der Waals surface area contributed by atoms with E-state index in [9.17, 15) is 9.59 Å². The van der Waals surface area contributed by atoms with Crippen molar-refractivity contribution in [2.24, 2.45) is 0 Å². The maximum atomic E-state index is 13.2. The van der Waals surface area contributed by atoms with Crippen molar-refractivity contribution >= 4 is 17.4 Å². The van der Waals surface area contributed by atoms with E-state index in [1.807, 2.05) is 30.3 Å². The number of carbonyl (C=O) groups excluding carboxylic acids is 2. The van der Waals surface area contributed by atoms with Gasteiger partial charge in [0.25, 0.3) is 5.91 Å². The number of hydrogen-bond donors (Lipinski definition) is 1. The van der Waals surface area contributed by atoms with Crippen LogP contribution in [0, 0.1) is 0 Å². The minimum Gasteiger partial charge on any atom is -0.496 e. The molecule has 1 aliphatic heterocycles. The summed E-state index contributed by atoms with van der Waals surface area (Å²) in [7, 11) is 4.87. The van der Waals surface area contributed by atoms with Gasteiger partial charge in [0.1, 0.15) is 5.75 Å². The van der Waals surface area contributed by atoms with Gasteiger partial charge in [-0.05, 0) is 91.4 Å². The fourth-order valence-corrected chi connectivity index (χ4v) is 5.53. The summed E-state index contributed by atoms with van der Waals surface area (Å²) in [5.74, 6) is 1.52. The zero-order valence-corrected chi connectivity index (χ0v) is 25.0. The van der Waals surface area contributed by atoms with Crippen LogP contribution in [-0.2, 0) is 19.4 Å². The topological polar surface area (TPSA) is 77.1 Å². The maximum Gasteiger partial charge on any atom is 0.259 e. The lowest BCUT2D eigenvalue weighted by Gasteiger charge is -2.29. The van der Waals surface area contributed by atoms with E-state index in [0.29, 0.717) is 28.1 Å². The summed E-state index contributed by atoms with van der Waals surface area (Å²) in [4.78, 5) is 28.6. The van der Waals surface area contributed by atoms with Gasteiger partial charge < -0.3 is 19.5 Å². The predicted octanol–water partition coefficient (Wildman–Crippen LogP) is 6.58. The Balaban J connectivity index is 1.12. The van der Waals surface area contributed by atoms with Gasteiger partial charge in [0.15, 0.2) is 17.3 Å². The Morgan fingerprint density at radius 1 is 0.744 bits per heavy atom. The molecule has 0 spiro atoms. The molecule has 0 saturated heterocycles. The van der Waals surface area contributed by atoms with Crippen LogP contribution in [0.4, 0.5) is 5.69 Å². The van der Waals surface area contributed by atoms with Crippen LogP contribution in [0.5, 0.6) is 17.2 Å². The summed E-state index contributed by atoms with van der Waals surface area (Å²) in [6.45, 7) is 3.03. The number of nitrogens with one attached hydrogen (secondary N) is 1. The molecule has 1 aliphatic rings. The number of ketones is 1. The molecule has 0 radical (unpaired) electrons. The van der Waals surface area contributed by atoms with Crippen molar-refractivity contribution in [2.45, 2.75) is 32.2 Å². The SMILES string of the molecule is COc1cc2c(cc1OC)CN(CCCCc1ccc(NC(=O)c3cc(C(=O)c4ccccc4)ccc3OC)cc1)CC2. The van der Waals surface area contributed by atoms with Gasteiger partial charge in [0.05, 0.1) is 26.9 Å². The second kappa shape index (κ2) is 14.0. The fourth-order valence-electron chi connectivity index (χ4n) is 5.53. The number of rotatable bonds is 12. The van der Waals surface area contributed by atoms with E-state index in [1.54, 1.807) is 44.6 Å². The number of unbranched alkanes of at least 4 members (excludes halogenated alkanes) is 1. The number of amides is 1. The molecule has 0 saturated carbocycles. The largest absolute Gasteiger partial charge is 0.496 e. The Labute approximate surface area is 253 Å². The highest BCUT2D eigenvalue weighted by atomic mass is 16.5. The van der Waals surface area contributed by atoms with Gasteiger partial charge in [-0.25, -0.2) is 0 Å². The zero-order valence-electron chi connectivity index (χ0n) is 25.0. The van der Waals surface area contributed by atoms with Crippen LogP contribution < -0.4 is 19.5 Å². The standard InChI is InChI=1S/C36H38N2O5/c1-41-32-17-14-28(35(39)26-10-5-4-6-11-26)21-31(32)36(40)37-30-15-12-25(13-16-30)9-7-8-19-38-20-18-27-22-33(42-2)34(43-3)23-29(27)24-38/h4-6,10-17,21-23H,7-9,18-20,24H2,1-3H3,(H,37,40). The molecular formula is C36H38N2O5. The fraction of sp³-hybridized carbons (Fsp3) is 0.278. The van der Waals surface area contributed by atoms with E-state index in [-0.39, 0.29) is 11.7 Å². The van der Waals surface area contributed by atoms with E-state index in [4.69, 9.17) is 14.2 Å². The van der Waals surface area contributed by atoms with Gasteiger partial charge in [-0.3, -0.25) is 14.5 Å². The number of nitrogens with zero attached hydrogens (tertiary/aromatic N) is 1. The Hall–Kier alpha value is -4.62. The highest BCUT2D eigenvalue weighted by Gasteiger charge is 2.20. The molecule has 0 aliphatic carbocycles. The lowest BCUT2D eigenvalue weighted by molar-refractivity contribution is 0.102. The summed E-state index contributed by atoms with van der Waals surface area (Å²) in [6, 6.07) is 26.1. The number of aryl methyl sites for hydroxylation is 1. The van der Waals surface area contributed by atoms with Crippen molar-refractivity contribution in [3.8, 4) is 17.2 Å². The molecule has 0 unspecified atom stereocenters. The Morgan fingerprint density at radius 2 is 1.44 bits per heavy atom. The number of carbonyl (C=O) groups is 2. The summed E-state index contributed by atoms with van der Waals surface area (Å²) >= 11 is 0. The van der Waals surface area contributed by atoms with Crippen molar-refractivity contribution in [2.75, 3.05) is 39.7 Å². The maximum absolute atomic E-state index is 13.2. The Kier molecular flexibility index (Phi) is 9.74. The van der Waals surface area contributed by atoms with Crippen molar-refractivity contribution < 1.29 is 23.8 Å². The third-order valence-electron chi connectivity index (χ3n) is 7.94. The predicted molar refractivity (Wildman–Crippen MR) is 169 cm³/mol. The minimum atomic E-state index is -0.327. The van der Waals surface area contributed by atoms with Gasteiger partial charge in [-0.1, -0.05) is 42.5 Å². The second-order valence-corrected chi connectivity index (χ2v) is 10.7. The highest BCUT2D eigenvalue weighted by Crippen LogP contribution is 2.33. The molecule has 222 valence electrons. The molecule has 1 heterocycles. The molecule has 0 aromatic heterocycles. The van der Waals surface area contributed by atoms with Crippen molar-refractivity contribution in [1.82, 2.24) is 4.90 Å². The lowest BCUT2D eigenvalue weighted by atomic mass is 9.98. The monoisotopic (exact) mass is 578 g/mol. The Bertz CT molecular complexity index is 1570. The number of methoxy groups -OCH3 is 3. The molecule has 5 rings (SSSR count). The van der Waals surface area contributed by atoms with Crippen LogP contribution in [-0.4, -0.2) is 51.0 Å². The van der Waals surface area contributed by atoms with Crippen LogP contribution in [0.15, 0.2) is 84.9 Å². The average Bonchev–Trinajstić information content (AvgIpc) is 3.06. The summed E-state index contributed by atoms with van der Waals surface area (Å²) in [5, 5.41) is 2.95. The van der Waals surface area contributed by atoms with Crippen LogP contribution >= 0.6 is 0 Å². The van der Waals surface area contributed by atoms with E-state index < -0.39 is 0 Å². The van der Waals surface area contributed by atoms with Crippen molar-refractivity contribution in [1.29, 1.82) is 0 Å². The molecule has 0 atom stereocenters. The summed E-state index contributed by atoms with van der Waals surface area (Å²) in [5.41, 5.74) is 5.88. The van der Waals surface area contributed by atoms with Gasteiger partial charge in [-0.15, -0.1) is 0 Å². The third-order valence-corrected chi connectivity index (χ3v) is 7.94. The Morgan fingerprint density at radius 3 is 2.14 bits per heavy atom. The van der Waals surface area contributed by atoms with Crippen molar-refractivity contribution in [3.05, 3.63) is 118 Å². The zero-order chi connectivity index (χ0) is 30.2. The van der Waals surface area contributed by atoms with E-state index >= 15 is 0 Å². The summed E-state index contributed by atoms with van der Waals surface area (Å²) in [6.07, 6.45) is 4.18. The van der Waals surface area contributed by atoms with Crippen molar-refractivity contribution in [3.63, 3.8) is 0 Å². The molecular weight excluding hydrogens is 540 g/mol. The number of ether oxygens (including phenoxy) is 3. The normalized spacial score (nSPS) is 12.7. The smallest absolute Gasteiger partial charge is 0.259 e. The number of benzene rings is 4. The second-order valence-electron chi connectivity index (χ2n) is 10.7. The molecule has 4 aromatic rings. The number of fused-ring (bicyclic) bond motifs is 1. The lowest BCUT2D eigenvalue weighted by Crippen LogP contribution is -2.31. The van der Waals surface area contributed by atoms with Gasteiger partial charge in [0, 0.05) is 29.9 Å². The quantitative estimate of drug-likeness (QED) is 0.151. The van der Waals surface area contributed by atoms with E-state index in [1.165, 1.54) is 23.8 Å². The minimum absolute atomic E-state index is 0.146. The first-order chi connectivity index (χ1) is 21.0. The van der Waals surface area contributed by atoms with Crippen LogP contribution in [0.3, 0.4) is 0 Å². The molecule has 1 amide bonds. The highest BCUT2D eigenvalue weighted by molar-refractivity contribution is 6.12. The first kappa shape index (κ1) is 29.9. The van der Waals surface area contributed by atoms with E-state index in [0.717, 1.165) is 56.8 Å². The van der Waals surface area contributed by atoms with Gasteiger partial charge in [-0.2, -0.15) is 0 Å². The molecule has 7 nitrogen and oxygen atoms in total. The van der Waals surface area contributed by atoms with Crippen LogP contribution in [0.1, 0.15) is 55.8 Å². The molecule has 43 heavy (non-hydrogen) atoms.